The van der Waals surface area contributed by atoms with Crippen LogP contribution in [0.5, 0.6) is 0 Å². The predicted octanol–water partition coefficient (Wildman–Crippen LogP) is 18.8. The molecule has 1 unspecified atom stereocenters. The quantitative estimate of drug-likeness (QED) is 0.0262. The second kappa shape index (κ2) is 57.3. The van der Waals surface area contributed by atoms with Crippen LogP contribution in [0, 0.1) is 0 Å². The monoisotopic (exact) mass is 975 g/mol. The molecule has 0 saturated carbocycles. The Kier molecular flexibility index (Phi) is 53.1. The van der Waals surface area contributed by atoms with Gasteiger partial charge in [-0.1, -0.05) is 236 Å². The summed E-state index contributed by atoms with van der Waals surface area (Å²) in [4.78, 5) is 38.0. The number of esters is 3. The van der Waals surface area contributed by atoms with Crippen molar-refractivity contribution in [1.82, 2.24) is 0 Å². The van der Waals surface area contributed by atoms with Crippen molar-refractivity contribution in [2.24, 2.45) is 0 Å². The van der Waals surface area contributed by atoms with Gasteiger partial charge in [0.1, 0.15) is 13.2 Å². The minimum absolute atomic E-state index is 0.0723. The van der Waals surface area contributed by atoms with Gasteiger partial charge < -0.3 is 14.2 Å². The number of unbranched alkanes of at least 4 members (excludes halogenated alkanes) is 9. The van der Waals surface area contributed by atoms with Crippen molar-refractivity contribution in [3.8, 4) is 0 Å². The molecule has 0 amide bonds. The van der Waals surface area contributed by atoms with E-state index >= 15 is 0 Å². The molecule has 1 atom stereocenters. The van der Waals surface area contributed by atoms with Crippen molar-refractivity contribution in [3.05, 3.63) is 170 Å². The van der Waals surface area contributed by atoms with Crippen LogP contribution in [-0.4, -0.2) is 37.2 Å². The van der Waals surface area contributed by atoms with E-state index in [1.54, 1.807) is 6.08 Å². The highest BCUT2D eigenvalue weighted by Gasteiger charge is 2.19. The third-order valence-corrected chi connectivity index (χ3v) is 10.7. The van der Waals surface area contributed by atoms with Crippen LogP contribution in [0.1, 0.15) is 201 Å². The normalized spacial score (nSPS) is 13.5. The van der Waals surface area contributed by atoms with Gasteiger partial charge in [0.15, 0.2) is 6.10 Å². The van der Waals surface area contributed by atoms with Gasteiger partial charge in [0.25, 0.3) is 0 Å². The molecule has 0 aliphatic rings. The SMILES string of the molecule is CC/C=C\C/C=C\C/C=C\C/C=C\C/C=C\CCCCCCCCCCCC(=O)OCC(COC(=O)CC/C=C\C/C=C\C/C=C\C/C=C\CC)OC(=O)C/C=C\C/C=C\C/C=C\C/C=C\C/C=C\CC. The summed E-state index contributed by atoms with van der Waals surface area (Å²) in [5.74, 6) is -1.19. The lowest BCUT2D eigenvalue weighted by Crippen LogP contribution is -2.30. The highest BCUT2D eigenvalue weighted by atomic mass is 16.6. The first kappa shape index (κ1) is 65.8. The standard InChI is InChI=1S/C65H98O6/c1-4-7-10-13-16-19-22-25-27-28-29-30-31-32-33-34-35-36-38-40-43-46-49-52-55-58-64(67)70-61-62(60-69-63(66)57-54-51-48-45-42-39-24-21-18-15-12-9-6-3)71-65(68)59-56-53-50-47-44-41-37-26-23-20-17-14-11-8-5-2/h7-12,16-21,25-27,29-30,32-33,37,39,42,44,47-48,51,53,56,62H,4-6,13-15,22-24,28,31,34-36,38,40-41,43,45-46,49-50,52,54-55,57-61H2,1-3H3/b10-7-,11-8-,12-9-,19-16-,20-17-,21-18-,27-25-,30-29-,33-32-,37-26-,42-39-,47-44-,51-48-,56-53-. The van der Waals surface area contributed by atoms with E-state index in [0.717, 1.165) is 109 Å². The van der Waals surface area contributed by atoms with E-state index in [1.807, 2.05) is 18.2 Å². The molecule has 71 heavy (non-hydrogen) atoms. The topological polar surface area (TPSA) is 78.9 Å². The average Bonchev–Trinajstić information content (AvgIpc) is 3.37. The van der Waals surface area contributed by atoms with Gasteiger partial charge in [0.2, 0.25) is 0 Å². The van der Waals surface area contributed by atoms with Gasteiger partial charge in [0, 0.05) is 12.8 Å². The van der Waals surface area contributed by atoms with Gasteiger partial charge in [-0.05, 0) is 116 Å². The van der Waals surface area contributed by atoms with E-state index in [9.17, 15) is 14.4 Å². The summed E-state index contributed by atoms with van der Waals surface area (Å²) >= 11 is 0. The lowest BCUT2D eigenvalue weighted by Gasteiger charge is -2.18. The molecule has 0 aliphatic heterocycles. The van der Waals surface area contributed by atoms with Crippen molar-refractivity contribution in [2.75, 3.05) is 13.2 Å². The van der Waals surface area contributed by atoms with Crippen molar-refractivity contribution >= 4 is 17.9 Å². The zero-order valence-electron chi connectivity index (χ0n) is 44.9. The fourth-order valence-electron chi connectivity index (χ4n) is 6.73. The van der Waals surface area contributed by atoms with Crippen molar-refractivity contribution in [1.29, 1.82) is 0 Å². The van der Waals surface area contributed by atoms with Crippen molar-refractivity contribution < 1.29 is 28.6 Å². The first-order valence-corrected chi connectivity index (χ1v) is 27.6. The minimum atomic E-state index is -0.873. The number of hydrogen-bond donors (Lipinski definition) is 0. The molecule has 0 rings (SSSR count). The van der Waals surface area contributed by atoms with Crippen molar-refractivity contribution in [3.63, 3.8) is 0 Å². The Morgan fingerprint density at radius 2 is 0.577 bits per heavy atom. The Balaban J connectivity index is 4.50. The Morgan fingerprint density at radius 3 is 0.944 bits per heavy atom. The van der Waals surface area contributed by atoms with Crippen LogP contribution in [0.2, 0.25) is 0 Å². The van der Waals surface area contributed by atoms with Crippen LogP contribution >= 0.6 is 0 Å². The first-order chi connectivity index (χ1) is 35.0. The number of allylic oxidation sites excluding steroid dienone is 27. The molecule has 0 aliphatic carbocycles. The highest BCUT2D eigenvalue weighted by molar-refractivity contribution is 5.72. The third-order valence-electron chi connectivity index (χ3n) is 10.7. The van der Waals surface area contributed by atoms with Gasteiger partial charge in [-0.15, -0.1) is 0 Å². The smallest absolute Gasteiger partial charge is 0.310 e. The van der Waals surface area contributed by atoms with Crippen LogP contribution in [0.4, 0.5) is 0 Å². The molecule has 0 aromatic heterocycles. The lowest BCUT2D eigenvalue weighted by molar-refractivity contribution is -0.166. The van der Waals surface area contributed by atoms with E-state index in [4.69, 9.17) is 14.2 Å². The molecule has 0 saturated heterocycles. The van der Waals surface area contributed by atoms with E-state index < -0.39 is 12.1 Å². The van der Waals surface area contributed by atoms with Gasteiger partial charge in [0.05, 0.1) is 6.42 Å². The molecule has 0 aromatic carbocycles. The van der Waals surface area contributed by atoms with Gasteiger partial charge >= 0.3 is 17.9 Å². The highest BCUT2D eigenvalue weighted by Crippen LogP contribution is 2.13. The Bertz CT molecular complexity index is 1690. The summed E-state index contributed by atoms with van der Waals surface area (Å²) < 4.78 is 16.6. The van der Waals surface area contributed by atoms with Crippen LogP contribution in [0.3, 0.4) is 0 Å². The molecule has 0 fully saturated rings. The Labute approximate surface area is 434 Å². The summed E-state index contributed by atoms with van der Waals surface area (Å²) in [6.07, 6.45) is 85.3. The summed E-state index contributed by atoms with van der Waals surface area (Å²) in [6.45, 7) is 6.11. The molecular formula is C65H98O6. The van der Waals surface area contributed by atoms with E-state index in [-0.39, 0.29) is 38.0 Å². The number of ether oxygens (including phenoxy) is 3. The second-order valence-electron chi connectivity index (χ2n) is 17.4. The minimum Gasteiger partial charge on any atom is -0.462 e. The molecule has 6 nitrogen and oxygen atoms in total. The molecule has 394 valence electrons. The van der Waals surface area contributed by atoms with Crippen LogP contribution < -0.4 is 0 Å². The number of carbonyl (C=O) groups is 3. The van der Waals surface area contributed by atoms with Gasteiger partial charge in [-0.25, -0.2) is 0 Å². The lowest BCUT2D eigenvalue weighted by atomic mass is 10.1. The predicted molar refractivity (Wildman–Crippen MR) is 306 cm³/mol. The molecule has 0 bridgehead atoms. The molecular weight excluding hydrogens is 877 g/mol. The first-order valence-electron chi connectivity index (χ1n) is 27.6. The molecule has 0 heterocycles. The fraction of sp³-hybridized carbons (Fsp3) is 0.523. The number of hydrogen-bond acceptors (Lipinski definition) is 6. The van der Waals surface area contributed by atoms with Crippen LogP contribution in [0.25, 0.3) is 0 Å². The molecule has 6 heteroatoms. The summed E-state index contributed by atoms with van der Waals surface area (Å²) in [5.41, 5.74) is 0. The van der Waals surface area contributed by atoms with Gasteiger partial charge in [-0.2, -0.15) is 0 Å². The zero-order valence-corrected chi connectivity index (χ0v) is 44.9. The van der Waals surface area contributed by atoms with Crippen LogP contribution in [0.15, 0.2) is 170 Å². The van der Waals surface area contributed by atoms with Crippen LogP contribution in [-0.2, 0) is 28.6 Å². The van der Waals surface area contributed by atoms with Crippen molar-refractivity contribution in [2.45, 2.75) is 207 Å². The fourth-order valence-corrected chi connectivity index (χ4v) is 6.73. The maximum absolute atomic E-state index is 12.8. The number of rotatable bonds is 47. The molecule has 0 spiro atoms. The maximum atomic E-state index is 12.8. The van der Waals surface area contributed by atoms with Gasteiger partial charge in [-0.3, -0.25) is 14.4 Å². The summed E-state index contributed by atoms with van der Waals surface area (Å²) in [7, 11) is 0. The summed E-state index contributed by atoms with van der Waals surface area (Å²) in [6, 6.07) is 0. The van der Waals surface area contributed by atoms with E-state index in [2.05, 4.69) is 167 Å². The number of carbonyl (C=O) groups excluding carboxylic acids is 3. The largest absolute Gasteiger partial charge is 0.462 e. The molecule has 0 aromatic rings. The third kappa shape index (κ3) is 55.6. The zero-order chi connectivity index (χ0) is 51.4. The Hall–Kier alpha value is -5.23. The second-order valence-corrected chi connectivity index (χ2v) is 17.4. The summed E-state index contributed by atoms with van der Waals surface area (Å²) in [5, 5.41) is 0. The van der Waals surface area contributed by atoms with E-state index in [1.165, 1.54) is 38.5 Å². The average molecular weight is 975 g/mol. The maximum Gasteiger partial charge on any atom is 0.310 e. The molecule has 0 N–H and O–H groups in total. The molecule has 0 radical (unpaired) electrons. The Morgan fingerprint density at radius 1 is 0.296 bits per heavy atom. The van der Waals surface area contributed by atoms with E-state index in [0.29, 0.717) is 19.3 Å².